The highest BCUT2D eigenvalue weighted by atomic mass is 16.3. The number of allylic oxidation sites excluding steroid dienone is 1. The maximum Gasteiger partial charge on any atom is 0.220 e. The van der Waals surface area contributed by atoms with Gasteiger partial charge in [0.1, 0.15) is 0 Å². The Balaban J connectivity index is 3.41. The normalized spacial score (nSPS) is 12.9. The van der Waals surface area contributed by atoms with Gasteiger partial charge in [-0.15, -0.1) is 0 Å². The summed E-state index contributed by atoms with van der Waals surface area (Å²) in [7, 11) is 0. The van der Waals surface area contributed by atoms with Gasteiger partial charge in [-0.1, -0.05) is 270 Å². The van der Waals surface area contributed by atoms with Crippen LogP contribution in [0.1, 0.15) is 284 Å². The Kier molecular flexibility index (Phi) is 45.8. The van der Waals surface area contributed by atoms with Crippen LogP contribution in [0.2, 0.25) is 0 Å². The van der Waals surface area contributed by atoms with Gasteiger partial charge in [-0.3, -0.25) is 4.79 Å². The van der Waals surface area contributed by atoms with E-state index in [2.05, 4.69) is 19.2 Å². The molecule has 322 valence electrons. The topological polar surface area (TPSA) is 69.6 Å². The average molecular weight is 762 g/mol. The summed E-state index contributed by atoms with van der Waals surface area (Å²) in [5.41, 5.74) is 0. The van der Waals surface area contributed by atoms with Crippen LogP contribution in [-0.2, 0) is 4.79 Å². The predicted molar refractivity (Wildman–Crippen MR) is 239 cm³/mol. The first-order chi connectivity index (χ1) is 26.7. The first kappa shape index (κ1) is 53.1. The molecule has 0 heterocycles. The second kappa shape index (κ2) is 46.5. The molecule has 3 N–H and O–H groups in total. The summed E-state index contributed by atoms with van der Waals surface area (Å²) in [4.78, 5) is 12.4. The summed E-state index contributed by atoms with van der Waals surface area (Å²) in [6.45, 7) is 4.33. The molecular formula is C50H99NO3. The summed E-state index contributed by atoms with van der Waals surface area (Å²) in [6, 6.07) is -0.616. The second-order valence-corrected chi connectivity index (χ2v) is 17.2. The van der Waals surface area contributed by atoms with Gasteiger partial charge in [0, 0.05) is 6.42 Å². The number of hydrogen-bond donors (Lipinski definition) is 3. The number of aliphatic hydroxyl groups is 2. The first-order valence-corrected chi connectivity index (χ1v) is 24.9. The third-order valence-corrected chi connectivity index (χ3v) is 11.8. The summed E-state index contributed by atoms with van der Waals surface area (Å²) in [6.07, 6.45) is 59.3. The molecule has 0 aliphatic rings. The van der Waals surface area contributed by atoms with Crippen LogP contribution < -0.4 is 5.32 Å². The van der Waals surface area contributed by atoms with Crippen molar-refractivity contribution in [2.45, 2.75) is 296 Å². The second-order valence-electron chi connectivity index (χ2n) is 17.2. The lowest BCUT2D eigenvalue weighted by Gasteiger charge is -2.20. The highest BCUT2D eigenvalue weighted by molar-refractivity contribution is 5.76. The van der Waals surface area contributed by atoms with Crippen molar-refractivity contribution in [1.82, 2.24) is 5.32 Å². The largest absolute Gasteiger partial charge is 0.394 e. The van der Waals surface area contributed by atoms with E-state index < -0.39 is 12.1 Å². The number of rotatable bonds is 46. The van der Waals surface area contributed by atoms with Gasteiger partial charge in [-0.2, -0.15) is 0 Å². The van der Waals surface area contributed by atoms with Crippen LogP contribution in [0.5, 0.6) is 0 Å². The average Bonchev–Trinajstić information content (AvgIpc) is 3.18. The number of aliphatic hydroxyl groups excluding tert-OH is 2. The van der Waals surface area contributed by atoms with E-state index in [0.717, 1.165) is 25.7 Å². The molecule has 0 radical (unpaired) electrons. The van der Waals surface area contributed by atoms with Gasteiger partial charge in [-0.25, -0.2) is 0 Å². The fourth-order valence-corrected chi connectivity index (χ4v) is 7.95. The molecule has 2 atom stereocenters. The van der Waals surface area contributed by atoms with Crippen LogP contribution in [0.15, 0.2) is 12.2 Å². The van der Waals surface area contributed by atoms with Crippen molar-refractivity contribution in [3.63, 3.8) is 0 Å². The summed E-state index contributed by atoms with van der Waals surface area (Å²) in [5.74, 6) is -0.0584. The Morgan fingerprint density at radius 1 is 0.426 bits per heavy atom. The van der Waals surface area contributed by atoms with Crippen LogP contribution in [0.4, 0.5) is 0 Å². The zero-order valence-electron chi connectivity index (χ0n) is 37.0. The minimum atomic E-state index is -0.833. The lowest BCUT2D eigenvalue weighted by molar-refractivity contribution is -0.123. The maximum absolute atomic E-state index is 12.4. The van der Waals surface area contributed by atoms with E-state index in [0.29, 0.717) is 6.42 Å². The maximum atomic E-state index is 12.4. The Morgan fingerprint density at radius 3 is 0.963 bits per heavy atom. The number of nitrogens with one attached hydrogen (secondary N) is 1. The first-order valence-electron chi connectivity index (χ1n) is 24.9. The molecule has 0 spiro atoms. The SMILES string of the molecule is CCCCCCCCCCCCCC=C[C@@H](O)[C@H](CO)NC(=O)CCCCCCCCCCCCCCCCCCCCCCCCCCCCCCC. The smallest absolute Gasteiger partial charge is 0.220 e. The molecule has 1 amide bonds. The third kappa shape index (κ3) is 42.3. The number of carbonyl (C=O) groups is 1. The van der Waals surface area contributed by atoms with E-state index in [1.165, 1.54) is 238 Å². The van der Waals surface area contributed by atoms with Crippen LogP contribution in [-0.4, -0.2) is 34.9 Å². The van der Waals surface area contributed by atoms with Crippen molar-refractivity contribution >= 4 is 5.91 Å². The van der Waals surface area contributed by atoms with Gasteiger partial charge in [-0.05, 0) is 19.3 Å². The zero-order chi connectivity index (χ0) is 39.3. The minimum absolute atomic E-state index is 0.0584. The van der Waals surface area contributed by atoms with Crippen LogP contribution in [0.3, 0.4) is 0 Å². The van der Waals surface area contributed by atoms with Crippen molar-refractivity contribution in [2.75, 3.05) is 6.61 Å². The van der Waals surface area contributed by atoms with E-state index in [9.17, 15) is 15.0 Å². The molecule has 0 aromatic heterocycles. The van der Waals surface area contributed by atoms with E-state index in [1.807, 2.05) is 6.08 Å². The Morgan fingerprint density at radius 2 is 0.685 bits per heavy atom. The standard InChI is InChI=1S/C50H99NO3/c1-3-5-7-9-11-13-15-17-18-19-20-21-22-23-24-25-26-27-28-29-30-31-32-34-36-38-40-42-44-46-50(54)51-48(47-52)49(53)45-43-41-39-37-35-33-16-14-12-10-8-6-4-2/h43,45,48-49,52-53H,3-42,44,46-47H2,1-2H3,(H,51,54)/t48-,49+/m0/s1. The van der Waals surface area contributed by atoms with Gasteiger partial charge in [0.15, 0.2) is 0 Å². The van der Waals surface area contributed by atoms with E-state index in [-0.39, 0.29) is 12.5 Å². The molecular weight excluding hydrogens is 663 g/mol. The molecule has 0 aromatic rings. The molecule has 0 aromatic carbocycles. The summed E-state index contributed by atoms with van der Waals surface area (Å²) < 4.78 is 0. The number of hydrogen-bond acceptors (Lipinski definition) is 3. The van der Waals surface area contributed by atoms with Gasteiger partial charge in [0.2, 0.25) is 5.91 Å². The molecule has 54 heavy (non-hydrogen) atoms. The quantitative estimate of drug-likeness (QED) is 0.0427. The minimum Gasteiger partial charge on any atom is -0.394 e. The van der Waals surface area contributed by atoms with E-state index >= 15 is 0 Å². The molecule has 0 aliphatic carbocycles. The fraction of sp³-hybridized carbons (Fsp3) is 0.940. The van der Waals surface area contributed by atoms with Crippen LogP contribution in [0, 0.1) is 0 Å². The third-order valence-electron chi connectivity index (χ3n) is 11.8. The molecule has 0 bridgehead atoms. The van der Waals surface area contributed by atoms with Crippen molar-refractivity contribution < 1.29 is 15.0 Å². The van der Waals surface area contributed by atoms with Gasteiger partial charge in [0.05, 0.1) is 18.8 Å². The Labute approximate surface area is 339 Å². The molecule has 0 rings (SSSR count). The van der Waals surface area contributed by atoms with Gasteiger partial charge < -0.3 is 15.5 Å². The van der Waals surface area contributed by atoms with Gasteiger partial charge in [0.25, 0.3) is 0 Å². The number of amides is 1. The molecule has 0 aliphatic heterocycles. The Hall–Kier alpha value is -0.870. The van der Waals surface area contributed by atoms with Crippen molar-refractivity contribution in [1.29, 1.82) is 0 Å². The van der Waals surface area contributed by atoms with Crippen LogP contribution >= 0.6 is 0 Å². The monoisotopic (exact) mass is 762 g/mol. The van der Waals surface area contributed by atoms with Gasteiger partial charge >= 0.3 is 0 Å². The molecule has 0 unspecified atom stereocenters. The number of unbranched alkanes of at least 4 members (excludes halogenated alkanes) is 39. The Bertz CT molecular complexity index is 739. The highest BCUT2D eigenvalue weighted by Gasteiger charge is 2.18. The lowest BCUT2D eigenvalue weighted by atomic mass is 10.0. The lowest BCUT2D eigenvalue weighted by Crippen LogP contribution is -2.45. The predicted octanol–water partition coefficient (Wildman–Crippen LogP) is 15.8. The van der Waals surface area contributed by atoms with Crippen molar-refractivity contribution in [3.05, 3.63) is 12.2 Å². The fourth-order valence-electron chi connectivity index (χ4n) is 7.95. The van der Waals surface area contributed by atoms with E-state index in [1.54, 1.807) is 6.08 Å². The zero-order valence-corrected chi connectivity index (χ0v) is 37.0. The van der Waals surface area contributed by atoms with Crippen molar-refractivity contribution in [2.24, 2.45) is 0 Å². The van der Waals surface area contributed by atoms with E-state index in [4.69, 9.17) is 0 Å². The molecule has 4 heteroatoms. The summed E-state index contributed by atoms with van der Waals surface area (Å²) in [5, 5.41) is 23.0. The van der Waals surface area contributed by atoms with Crippen LogP contribution in [0.25, 0.3) is 0 Å². The molecule has 4 nitrogen and oxygen atoms in total. The number of carbonyl (C=O) groups excluding carboxylic acids is 1. The molecule has 0 saturated heterocycles. The molecule has 0 saturated carbocycles. The summed E-state index contributed by atoms with van der Waals surface area (Å²) >= 11 is 0. The highest BCUT2D eigenvalue weighted by Crippen LogP contribution is 2.17. The molecule has 0 fully saturated rings. The van der Waals surface area contributed by atoms with Crippen molar-refractivity contribution in [3.8, 4) is 0 Å².